The maximum Gasteiger partial charge on any atom is 0.305 e. The average Bonchev–Trinajstić information content (AvgIpc) is 2.42. The summed E-state index contributed by atoms with van der Waals surface area (Å²) in [6, 6.07) is 0. The molecule has 0 unspecified atom stereocenters. The van der Waals surface area contributed by atoms with E-state index in [2.05, 4.69) is 14.6 Å². The third kappa shape index (κ3) is 4.49. The molecule has 1 rings (SSSR count). The monoisotopic (exact) mass is 280 g/mol. The number of hydrogen-bond acceptors (Lipinski definition) is 5. The van der Waals surface area contributed by atoms with Gasteiger partial charge in [-0.05, 0) is 33.9 Å². The van der Waals surface area contributed by atoms with Crippen LogP contribution in [0, 0.1) is 13.8 Å². The number of esters is 1. The Balaban J connectivity index is 2.58. The highest BCUT2D eigenvalue weighted by Gasteiger charge is 2.11. The number of methoxy groups -OCH3 is 2. The smallest absolute Gasteiger partial charge is 0.305 e. The molecule has 0 amide bonds. The second kappa shape index (κ2) is 7.85. The zero-order chi connectivity index (χ0) is 15.1. The molecule has 0 atom stereocenters. The molecule has 0 aliphatic heterocycles. The first-order valence-electron chi connectivity index (χ1n) is 6.74. The molecule has 1 heterocycles. The second-order valence-electron chi connectivity index (χ2n) is 4.96. The molecule has 0 fully saturated rings. The summed E-state index contributed by atoms with van der Waals surface area (Å²) < 4.78 is 10.0. The predicted octanol–water partition coefficient (Wildman–Crippen LogP) is 2.09. The minimum absolute atomic E-state index is 0.162. The van der Waals surface area contributed by atoms with E-state index in [0.717, 1.165) is 42.1 Å². The molecule has 0 aliphatic rings. The Morgan fingerprint density at radius 1 is 1.35 bits per heavy atom. The first-order chi connectivity index (χ1) is 9.49. The van der Waals surface area contributed by atoms with Gasteiger partial charge >= 0.3 is 5.97 Å². The van der Waals surface area contributed by atoms with Gasteiger partial charge in [-0.3, -0.25) is 9.78 Å². The lowest BCUT2D eigenvalue weighted by Gasteiger charge is -2.18. The molecule has 0 bridgehead atoms. The van der Waals surface area contributed by atoms with Gasteiger partial charge in [-0.2, -0.15) is 0 Å². The van der Waals surface area contributed by atoms with Crippen LogP contribution in [0.1, 0.15) is 29.7 Å². The largest absolute Gasteiger partial charge is 0.496 e. The highest BCUT2D eigenvalue weighted by Crippen LogP contribution is 2.24. The van der Waals surface area contributed by atoms with Gasteiger partial charge in [-0.15, -0.1) is 0 Å². The van der Waals surface area contributed by atoms with Crippen molar-refractivity contribution in [3.8, 4) is 5.75 Å². The minimum atomic E-state index is -0.162. The minimum Gasteiger partial charge on any atom is -0.496 e. The van der Waals surface area contributed by atoms with E-state index in [4.69, 9.17) is 4.74 Å². The predicted molar refractivity (Wildman–Crippen MR) is 77.8 cm³/mol. The zero-order valence-corrected chi connectivity index (χ0v) is 13.0. The van der Waals surface area contributed by atoms with E-state index >= 15 is 0 Å². The van der Waals surface area contributed by atoms with Crippen LogP contribution in [0.15, 0.2) is 6.20 Å². The molecule has 1 aromatic rings. The summed E-state index contributed by atoms with van der Waals surface area (Å²) in [4.78, 5) is 17.7. The average molecular weight is 280 g/mol. The number of aromatic nitrogens is 1. The summed E-state index contributed by atoms with van der Waals surface area (Å²) in [7, 11) is 5.11. The van der Waals surface area contributed by atoms with Gasteiger partial charge in [0.25, 0.3) is 0 Å². The highest BCUT2D eigenvalue weighted by molar-refractivity contribution is 5.69. The van der Waals surface area contributed by atoms with Crippen LogP contribution in [-0.4, -0.2) is 43.7 Å². The van der Waals surface area contributed by atoms with Crippen molar-refractivity contribution in [2.75, 3.05) is 27.8 Å². The molecular weight excluding hydrogens is 256 g/mol. The number of carbonyl (C=O) groups excluding carboxylic acids is 1. The summed E-state index contributed by atoms with van der Waals surface area (Å²) >= 11 is 0. The van der Waals surface area contributed by atoms with E-state index in [1.807, 2.05) is 27.1 Å². The standard InChI is InChI=1S/C15H24N2O3/c1-11-9-16-13(12(2)15(11)20-5)10-17(3)8-6-7-14(18)19-4/h9H,6-8,10H2,1-5H3. The molecule has 5 nitrogen and oxygen atoms in total. The van der Waals surface area contributed by atoms with Crippen LogP contribution >= 0.6 is 0 Å². The van der Waals surface area contributed by atoms with Crippen molar-refractivity contribution >= 4 is 5.97 Å². The van der Waals surface area contributed by atoms with Crippen LogP contribution in [-0.2, 0) is 16.1 Å². The maximum absolute atomic E-state index is 11.1. The van der Waals surface area contributed by atoms with Crippen LogP contribution in [0.2, 0.25) is 0 Å². The van der Waals surface area contributed by atoms with Gasteiger partial charge in [0.05, 0.1) is 19.9 Å². The molecule has 0 N–H and O–H groups in total. The van der Waals surface area contributed by atoms with Gasteiger partial charge in [0.15, 0.2) is 0 Å². The molecule has 0 aromatic carbocycles. The molecule has 0 saturated heterocycles. The summed E-state index contributed by atoms with van der Waals surface area (Å²) in [6.45, 7) is 5.58. The van der Waals surface area contributed by atoms with Crippen molar-refractivity contribution in [3.63, 3.8) is 0 Å². The van der Waals surface area contributed by atoms with Gasteiger partial charge in [0.1, 0.15) is 5.75 Å². The zero-order valence-electron chi connectivity index (χ0n) is 13.0. The fourth-order valence-corrected chi connectivity index (χ4v) is 2.16. The van der Waals surface area contributed by atoms with Gasteiger partial charge in [0.2, 0.25) is 0 Å². The lowest BCUT2D eigenvalue weighted by molar-refractivity contribution is -0.140. The van der Waals surface area contributed by atoms with Gasteiger partial charge in [-0.1, -0.05) is 0 Å². The van der Waals surface area contributed by atoms with E-state index < -0.39 is 0 Å². The summed E-state index contributed by atoms with van der Waals surface area (Å²) in [5, 5.41) is 0. The fourth-order valence-electron chi connectivity index (χ4n) is 2.16. The van der Waals surface area contributed by atoms with Gasteiger partial charge < -0.3 is 14.4 Å². The van der Waals surface area contributed by atoms with Crippen molar-refractivity contribution in [2.24, 2.45) is 0 Å². The number of nitrogens with zero attached hydrogens (tertiary/aromatic N) is 2. The molecule has 20 heavy (non-hydrogen) atoms. The van der Waals surface area contributed by atoms with E-state index in [1.165, 1.54) is 7.11 Å². The molecule has 5 heteroatoms. The SMILES string of the molecule is COC(=O)CCCN(C)Cc1ncc(C)c(OC)c1C. The van der Waals surface area contributed by atoms with Crippen LogP contribution in [0.5, 0.6) is 5.75 Å². The first kappa shape index (κ1) is 16.4. The number of aryl methyl sites for hydroxylation is 1. The van der Waals surface area contributed by atoms with Gasteiger partial charge in [0, 0.05) is 30.3 Å². The van der Waals surface area contributed by atoms with Crippen molar-refractivity contribution in [1.29, 1.82) is 0 Å². The number of rotatable bonds is 7. The van der Waals surface area contributed by atoms with Crippen LogP contribution < -0.4 is 4.74 Å². The molecular formula is C15H24N2O3. The van der Waals surface area contributed by atoms with E-state index in [9.17, 15) is 4.79 Å². The van der Waals surface area contributed by atoms with Crippen LogP contribution in [0.3, 0.4) is 0 Å². The summed E-state index contributed by atoms with van der Waals surface area (Å²) in [5.41, 5.74) is 3.13. The van der Waals surface area contributed by atoms with Crippen molar-refractivity contribution in [2.45, 2.75) is 33.2 Å². The van der Waals surface area contributed by atoms with Crippen LogP contribution in [0.25, 0.3) is 0 Å². The molecule has 112 valence electrons. The molecule has 0 spiro atoms. The third-order valence-electron chi connectivity index (χ3n) is 3.32. The van der Waals surface area contributed by atoms with E-state index in [0.29, 0.717) is 6.42 Å². The van der Waals surface area contributed by atoms with Crippen molar-refractivity contribution < 1.29 is 14.3 Å². The Labute approximate surface area is 120 Å². The third-order valence-corrected chi connectivity index (χ3v) is 3.32. The number of pyridine rings is 1. The second-order valence-corrected chi connectivity index (χ2v) is 4.96. The lowest BCUT2D eigenvalue weighted by atomic mass is 10.1. The van der Waals surface area contributed by atoms with Crippen molar-refractivity contribution in [1.82, 2.24) is 9.88 Å². The maximum atomic E-state index is 11.1. The molecule has 0 radical (unpaired) electrons. The van der Waals surface area contributed by atoms with Gasteiger partial charge in [-0.25, -0.2) is 0 Å². The summed E-state index contributed by atoms with van der Waals surface area (Å²) in [6.07, 6.45) is 3.07. The Morgan fingerprint density at radius 3 is 2.65 bits per heavy atom. The summed E-state index contributed by atoms with van der Waals surface area (Å²) in [5.74, 6) is 0.739. The number of carbonyl (C=O) groups is 1. The molecule has 1 aromatic heterocycles. The Kier molecular flexibility index (Phi) is 6.45. The van der Waals surface area contributed by atoms with Crippen LogP contribution in [0.4, 0.5) is 0 Å². The molecule has 0 saturated carbocycles. The normalized spacial score (nSPS) is 10.7. The Hall–Kier alpha value is -1.62. The Bertz CT molecular complexity index is 461. The first-order valence-corrected chi connectivity index (χ1v) is 6.74. The van der Waals surface area contributed by atoms with Crippen molar-refractivity contribution in [3.05, 3.63) is 23.0 Å². The number of hydrogen-bond donors (Lipinski definition) is 0. The van der Waals surface area contributed by atoms with E-state index in [-0.39, 0.29) is 5.97 Å². The Morgan fingerprint density at radius 2 is 2.05 bits per heavy atom. The lowest BCUT2D eigenvalue weighted by Crippen LogP contribution is -2.21. The molecule has 0 aliphatic carbocycles. The van der Waals surface area contributed by atoms with E-state index in [1.54, 1.807) is 7.11 Å². The highest BCUT2D eigenvalue weighted by atomic mass is 16.5. The number of ether oxygens (including phenoxy) is 2. The quantitative estimate of drug-likeness (QED) is 0.716. The fraction of sp³-hybridized carbons (Fsp3) is 0.600. The topological polar surface area (TPSA) is 51.7 Å².